The van der Waals surface area contributed by atoms with Gasteiger partial charge >= 0.3 is 6.09 Å². The number of piperidine rings is 1. The number of carbonyl (C=O) groups excluding carboxylic acids is 2. The molecular formula is C22H27Cl2NO4. The Kier molecular flexibility index (Phi) is 6.49. The average molecular weight is 440 g/mol. The van der Waals surface area contributed by atoms with E-state index < -0.39 is 5.60 Å². The lowest BCUT2D eigenvalue weighted by Crippen LogP contribution is -2.48. The highest BCUT2D eigenvalue weighted by Crippen LogP contribution is 2.45. The summed E-state index contributed by atoms with van der Waals surface area (Å²) in [7, 11) is 0. The van der Waals surface area contributed by atoms with E-state index in [1.165, 1.54) is 0 Å². The lowest BCUT2D eigenvalue weighted by molar-refractivity contribution is 0.00837. The Bertz CT molecular complexity index is 804. The molecule has 0 N–H and O–H groups in total. The van der Waals surface area contributed by atoms with Gasteiger partial charge in [0, 0.05) is 25.1 Å². The zero-order chi connectivity index (χ0) is 21.3. The van der Waals surface area contributed by atoms with Crippen LogP contribution in [0.25, 0.3) is 0 Å². The molecule has 1 amide bonds. The second kappa shape index (κ2) is 8.57. The van der Waals surface area contributed by atoms with Crippen LogP contribution in [0.3, 0.4) is 0 Å². The smallest absolute Gasteiger partial charge is 0.410 e. The van der Waals surface area contributed by atoms with Crippen molar-refractivity contribution in [2.75, 3.05) is 19.7 Å². The van der Waals surface area contributed by atoms with Gasteiger partial charge in [-0.2, -0.15) is 0 Å². The lowest BCUT2D eigenvalue weighted by atomic mass is 9.79. The van der Waals surface area contributed by atoms with E-state index in [2.05, 4.69) is 6.58 Å². The Morgan fingerprint density at radius 2 is 1.76 bits per heavy atom. The number of nitrogens with zero attached hydrogens (tertiary/aromatic N) is 1. The minimum Gasteiger partial charge on any atom is -0.489 e. The maximum atomic E-state index is 13.5. The van der Waals surface area contributed by atoms with Gasteiger partial charge in [-0.15, -0.1) is 0 Å². The molecule has 2 bridgehead atoms. The molecule has 0 spiro atoms. The van der Waals surface area contributed by atoms with Crippen LogP contribution >= 0.6 is 23.2 Å². The number of rotatable bonds is 5. The predicted octanol–water partition coefficient (Wildman–Crippen LogP) is 5.63. The van der Waals surface area contributed by atoms with Crippen molar-refractivity contribution >= 4 is 35.1 Å². The van der Waals surface area contributed by atoms with Gasteiger partial charge in [0.1, 0.15) is 18.0 Å². The van der Waals surface area contributed by atoms with Crippen LogP contribution in [-0.4, -0.2) is 42.1 Å². The Morgan fingerprint density at radius 1 is 1.17 bits per heavy atom. The van der Waals surface area contributed by atoms with Crippen molar-refractivity contribution in [1.82, 2.24) is 4.90 Å². The summed E-state index contributed by atoms with van der Waals surface area (Å²) < 4.78 is 11.2. The zero-order valence-electron chi connectivity index (χ0n) is 17.0. The number of hydrogen-bond acceptors (Lipinski definition) is 4. The van der Waals surface area contributed by atoms with Crippen molar-refractivity contribution in [1.29, 1.82) is 0 Å². The molecule has 0 aromatic heterocycles. The number of carbonyl (C=O) groups is 2. The maximum Gasteiger partial charge on any atom is 0.410 e. The van der Waals surface area contributed by atoms with Crippen LogP contribution in [0.2, 0.25) is 10.0 Å². The molecule has 5 nitrogen and oxygen atoms in total. The number of ketones is 1. The SMILES string of the molecule is C=CCOc1cc(Cl)c(Cl)cc1C(=O)C1C2CCC1CN(C(=O)OC(C)(C)C)C2. The quantitative estimate of drug-likeness (QED) is 0.440. The van der Waals surface area contributed by atoms with Gasteiger partial charge in [-0.05, 0) is 51.5 Å². The summed E-state index contributed by atoms with van der Waals surface area (Å²) in [6, 6.07) is 3.17. The van der Waals surface area contributed by atoms with Crippen LogP contribution < -0.4 is 4.74 Å². The van der Waals surface area contributed by atoms with E-state index >= 15 is 0 Å². The second-order valence-electron chi connectivity index (χ2n) is 8.74. The predicted molar refractivity (Wildman–Crippen MR) is 114 cm³/mol. The molecule has 3 rings (SSSR count). The van der Waals surface area contributed by atoms with Crippen LogP contribution in [0.1, 0.15) is 44.0 Å². The van der Waals surface area contributed by atoms with Crippen molar-refractivity contribution < 1.29 is 19.1 Å². The van der Waals surface area contributed by atoms with Crippen molar-refractivity contribution in [3.63, 3.8) is 0 Å². The van der Waals surface area contributed by atoms with Gasteiger partial charge in [-0.25, -0.2) is 4.79 Å². The van der Waals surface area contributed by atoms with E-state index in [4.69, 9.17) is 32.7 Å². The van der Waals surface area contributed by atoms with E-state index in [-0.39, 0.29) is 36.2 Å². The van der Waals surface area contributed by atoms with Crippen LogP contribution in [0.4, 0.5) is 4.79 Å². The Morgan fingerprint density at radius 3 is 2.31 bits per heavy atom. The number of halogens is 2. The Balaban J connectivity index is 1.81. The van der Waals surface area contributed by atoms with Crippen molar-refractivity contribution in [3.8, 4) is 5.75 Å². The molecule has 7 heteroatoms. The molecule has 1 aliphatic carbocycles. The fourth-order valence-corrected chi connectivity index (χ4v) is 4.61. The average Bonchev–Trinajstić information content (AvgIpc) is 2.89. The maximum absolute atomic E-state index is 13.5. The molecule has 2 unspecified atom stereocenters. The molecule has 1 aromatic carbocycles. The number of Topliss-reactive ketones (excluding diaryl/α,β-unsaturated/α-hetero) is 1. The third kappa shape index (κ3) is 4.89. The van der Waals surface area contributed by atoms with Gasteiger partial charge in [-0.1, -0.05) is 35.9 Å². The molecule has 29 heavy (non-hydrogen) atoms. The van der Waals surface area contributed by atoms with Gasteiger partial charge in [0.05, 0.1) is 15.6 Å². The van der Waals surface area contributed by atoms with E-state index in [1.54, 1.807) is 23.1 Å². The van der Waals surface area contributed by atoms with Crippen LogP contribution in [0.5, 0.6) is 5.75 Å². The molecule has 158 valence electrons. The Hall–Kier alpha value is -1.72. The van der Waals surface area contributed by atoms with Gasteiger partial charge < -0.3 is 14.4 Å². The van der Waals surface area contributed by atoms with Crippen molar-refractivity contribution in [2.24, 2.45) is 17.8 Å². The first-order chi connectivity index (χ1) is 13.6. The highest BCUT2D eigenvalue weighted by Gasteiger charge is 2.48. The first-order valence-corrected chi connectivity index (χ1v) is 10.6. The Labute approximate surface area is 181 Å². The first-order valence-electron chi connectivity index (χ1n) is 9.85. The molecule has 1 aliphatic heterocycles. The van der Waals surface area contributed by atoms with E-state index in [9.17, 15) is 9.59 Å². The molecule has 1 aromatic rings. The minimum atomic E-state index is -0.541. The lowest BCUT2D eigenvalue weighted by Gasteiger charge is -2.38. The molecule has 1 saturated carbocycles. The largest absolute Gasteiger partial charge is 0.489 e. The number of ether oxygens (including phenoxy) is 2. The first kappa shape index (κ1) is 22.0. The highest BCUT2D eigenvalue weighted by molar-refractivity contribution is 6.42. The fraction of sp³-hybridized carbons (Fsp3) is 0.545. The van der Waals surface area contributed by atoms with E-state index in [0.717, 1.165) is 12.8 Å². The summed E-state index contributed by atoms with van der Waals surface area (Å²) in [4.78, 5) is 27.7. The van der Waals surface area contributed by atoms with Gasteiger partial charge in [-0.3, -0.25) is 4.79 Å². The monoisotopic (exact) mass is 439 g/mol. The fourth-order valence-electron chi connectivity index (χ4n) is 4.30. The van der Waals surface area contributed by atoms with Crippen molar-refractivity contribution in [3.05, 3.63) is 40.4 Å². The topological polar surface area (TPSA) is 55.8 Å². The summed E-state index contributed by atoms with van der Waals surface area (Å²) >= 11 is 12.3. The number of hydrogen-bond donors (Lipinski definition) is 0. The summed E-state index contributed by atoms with van der Waals surface area (Å²) in [5.74, 6) is 0.431. The summed E-state index contributed by atoms with van der Waals surface area (Å²) in [5, 5.41) is 0.657. The molecular weight excluding hydrogens is 413 g/mol. The number of fused-ring (bicyclic) bond motifs is 2. The van der Waals surface area contributed by atoms with Gasteiger partial charge in [0.15, 0.2) is 5.78 Å². The third-order valence-corrected chi connectivity index (χ3v) is 6.16. The van der Waals surface area contributed by atoms with Crippen LogP contribution in [0.15, 0.2) is 24.8 Å². The zero-order valence-corrected chi connectivity index (χ0v) is 18.6. The summed E-state index contributed by atoms with van der Waals surface area (Å²) in [6.07, 6.45) is 3.11. The van der Waals surface area contributed by atoms with Crippen LogP contribution in [0, 0.1) is 17.8 Å². The molecule has 2 aliphatic rings. The minimum absolute atomic E-state index is 0.000956. The standard InChI is InChI=1S/C22H27Cl2NO4/c1-5-8-28-18-10-17(24)16(23)9-15(18)20(26)19-13-6-7-14(19)12-25(11-13)21(27)29-22(2,3)4/h5,9-10,13-14,19H,1,6-8,11-12H2,2-4H3. The van der Waals surface area contributed by atoms with Crippen LogP contribution in [-0.2, 0) is 4.74 Å². The summed E-state index contributed by atoms with van der Waals surface area (Å²) in [5.41, 5.74) is -0.103. The molecule has 1 saturated heterocycles. The molecule has 2 atom stereocenters. The van der Waals surface area contributed by atoms with E-state index in [1.807, 2.05) is 20.8 Å². The summed E-state index contributed by atoms with van der Waals surface area (Å²) in [6.45, 7) is 10.5. The molecule has 0 radical (unpaired) electrons. The number of likely N-dealkylation sites (tertiary alicyclic amines) is 1. The second-order valence-corrected chi connectivity index (χ2v) is 9.55. The normalized spacial score (nSPS) is 23.6. The molecule has 2 fully saturated rings. The number of benzene rings is 1. The highest BCUT2D eigenvalue weighted by atomic mass is 35.5. The van der Waals surface area contributed by atoms with Gasteiger partial charge in [0.25, 0.3) is 0 Å². The number of amides is 1. The van der Waals surface area contributed by atoms with Gasteiger partial charge in [0.2, 0.25) is 0 Å². The third-order valence-electron chi connectivity index (χ3n) is 5.43. The van der Waals surface area contributed by atoms with Crippen molar-refractivity contribution in [2.45, 2.75) is 39.2 Å². The van der Waals surface area contributed by atoms with E-state index in [0.29, 0.717) is 34.4 Å². The molecule has 1 heterocycles.